The van der Waals surface area contributed by atoms with E-state index in [2.05, 4.69) is 43.1 Å². The molecule has 0 spiro atoms. The van der Waals surface area contributed by atoms with Gasteiger partial charge in [0, 0.05) is 31.7 Å². The first-order chi connectivity index (χ1) is 9.97. The summed E-state index contributed by atoms with van der Waals surface area (Å²) in [4.78, 5) is 9.45. The molecule has 0 aromatic carbocycles. The van der Waals surface area contributed by atoms with Crippen molar-refractivity contribution < 1.29 is 0 Å². The highest BCUT2D eigenvalue weighted by Crippen LogP contribution is 2.23. The van der Waals surface area contributed by atoms with Crippen molar-refractivity contribution in [3.8, 4) is 0 Å². The van der Waals surface area contributed by atoms with Gasteiger partial charge in [-0.3, -0.25) is 0 Å². The molecule has 1 fully saturated rings. The van der Waals surface area contributed by atoms with E-state index in [9.17, 15) is 0 Å². The SMILES string of the molecule is CC(C)NCc1nc(N2CCC(N(C)C)CC2)ccc1Cl. The number of piperidine rings is 1. The number of nitrogens with one attached hydrogen (secondary N) is 1. The average Bonchev–Trinajstić information content (AvgIpc) is 2.46. The molecule has 0 amide bonds. The first-order valence-electron chi connectivity index (χ1n) is 7.77. The molecule has 21 heavy (non-hydrogen) atoms. The Kier molecular flexibility index (Phi) is 5.85. The molecule has 2 heterocycles. The number of aromatic nitrogens is 1. The molecular formula is C16H27ClN4. The fraction of sp³-hybridized carbons (Fsp3) is 0.688. The molecular weight excluding hydrogens is 284 g/mol. The third kappa shape index (κ3) is 4.56. The molecule has 0 radical (unpaired) electrons. The van der Waals surface area contributed by atoms with Gasteiger partial charge in [0.15, 0.2) is 0 Å². The second kappa shape index (κ2) is 7.43. The Morgan fingerprint density at radius 1 is 1.33 bits per heavy atom. The van der Waals surface area contributed by atoms with E-state index >= 15 is 0 Å². The molecule has 1 aliphatic heterocycles. The fourth-order valence-corrected chi connectivity index (χ4v) is 2.86. The Morgan fingerprint density at radius 2 is 2.00 bits per heavy atom. The Hall–Kier alpha value is -0.840. The van der Waals surface area contributed by atoms with Crippen LogP contribution in [0.2, 0.25) is 5.02 Å². The number of hydrogen-bond acceptors (Lipinski definition) is 4. The molecule has 0 bridgehead atoms. The summed E-state index contributed by atoms with van der Waals surface area (Å²) in [5, 5.41) is 4.13. The average molecular weight is 311 g/mol. The molecule has 0 unspecified atom stereocenters. The Morgan fingerprint density at radius 3 is 2.57 bits per heavy atom. The van der Waals surface area contributed by atoms with E-state index in [1.54, 1.807) is 0 Å². The molecule has 2 rings (SSSR count). The highest BCUT2D eigenvalue weighted by Gasteiger charge is 2.21. The number of rotatable bonds is 5. The second-order valence-electron chi connectivity index (χ2n) is 6.32. The minimum absolute atomic E-state index is 0.433. The van der Waals surface area contributed by atoms with Gasteiger partial charge in [0.05, 0.1) is 10.7 Å². The minimum atomic E-state index is 0.433. The maximum absolute atomic E-state index is 6.26. The van der Waals surface area contributed by atoms with Gasteiger partial charge in [0.2, 0.25) is 0 Å². The van der Waals surface area contributed by atoms with Gasteiger partial charge in [-0.25, -0.2) is 4.98 Å². The van der Waals surface area contributed by atoms with Crippen LogP contribution in [0, 0.1) is 0 Å². The van der Waals surface area contributed by atoms with Crippen molar-refractivity contribution >= 4 is 17.4 Å². The summed E-state index contributed by atoms with van der Waals surface area (Å²) in [5.74, 6) is 1.05. The zero-order valence-corrected chi connectivity index (χ0v) is 14.3. The molecule has 5 heteroatoms. The van der Waals surface area contributed by atoms with E-state index in [-0.39, 0.29) is 0 Å². The second-order valence-corrected chi connectivity index (χ2v) is 6.72. The van der Waals surface area contributed by atoms with E-state index in [0.29, 0.717) is 12.1 Å². The maximum Gasteiger partial charge on any atom is 0.128 e. The summed E-state index contributed by atoms with van der Waals surface area (Å²) in [7, 11) is 4.33. The molecule has 1 N–H and O–H groups in total. The van der Waals surface area contributed by atoms with Crippen molar-refractivity contribution in [1.29, 1.82) is 0 Å². The molecule has 0 atom stereocenters. The summed E-state index contributed by atoms with van der Waals surface area (Å²) < 4.78 is 0. The molecule has 0 saturated carbocycles. The first-order valence-corrected chi connectivity index (χ1v) is 8.15. The van der Waals surface area contributed by atoms with Gasteiger partial charge in [-0.15, -0.1) is 0 Å². The molecule has 1 aromatic heterocycles. The highest BCUT2D eigenvalue weighted by atomic mass is 35.5. The van der Waals surface area contributed by atoms with Crippen molar-refractivity contribution in [2.45, 2.75) is 45.3 Å². The van der Waals surface area contributed by atoms with E-state index in [4.69, 9.17) is 16.6 Å². The Bertz CT molecular complexity index is 454. The molecule has 118 valence electrons. The van der Waals surface area contributed by atoms with Gasteiger partial charge in [0.25, 0.3) is 0 Å². The monoisotopic (exact) mass is 310 g/mol. The molecule has 0 aliphatic carbocycles. The Balaban J connectivity index is 2.02. The van der Waals surface area contributed by atoms with E-state index in [0.717, 1.165) is 36.2 Å². The summed E-state index contributed by atoms with van der Waals surface area (Å²) in [6.07, 6.45) is 2.38. The lowest BCUT2D eigenvalue weighted by Gasteiger charge is -2.36. The van der Waals surface area contributed by atoms with Crippen LogP contribution in [-0.2, 0) is 6.54 Å². The number of halogens is 1. The van der Waals surface area contributed by atoms with Crippen LogP contribution in [0.3, 0.4) is 0 Å². The molecule has 1 saturated heterocycles. The van der Waals surface area contributed by atoms with Crippen LogP contribution >= 0.6 is 11.6 Å². The van der Waals surface area contributed by atoms with Crippen LogP contribution in [0.15, 0.2) is 12.1 Å². The van der Waals surface area contributed by atoms with Gasteiger partial charge in [-0.2, -0.15) is 0 Å². The summed E-state index contributed by atoms with van der Waals surface area (Å²) in [6.45, 7) is 7.11. The van der Waals surface area contributed by atoms with Gasteiger partial charge in [-0.05, 0) is 39.1 Å². The van der Waals surface area contributed by atoms with Crippen LogP contribution in [0.1, 0.15) is 32.4 Å². The minimum Gasteiger partial charge on any atom is -0.356 e. The molecule has 1 aliphatic rings. The normalized spacial score (nSPS) is 17.0. The molecule has 1 aromatic rings. The van der Waals surface area contributed by atoms with Crippen LogP contribution in [0.5, 0.6) is 0 Å². The van der Waals surface area contributed by atoms with Gasteiger partial charge < -0.3 is 15.1 Å². The topological polar surface area (TPSA) is 31.4 Å². The zero-order valence-electron chi connectivity index (χ0n) is 13.6. The van der Waals surface area contributed by atoms with E-state index < -0.39 is 0 Å². The number of hydrogen-bond donors (Lipinski definition) is 1. The van der Waals surface area contributed by atoms with E-state index in [1.165, 1.54) is 12.8 Å². The van der Waals surface area contributed by atoms with Crippen molar-refractivity contribution in [2.24, 2.45) is 0 Å². The Labute approximate surface area is 133 Å². The fourth-order valence-electron chi connectivity index (χ4n) is 2.69. The van der Waals surface area contributed by atoms with Crippen molar-refractivity contribution in [2.75, 3.05) is 32.1 Å². The summed E-state index contributed by atoms with van der Waals surface area (Å²) >= 11 is 6.26. The number of anilines is 1. The predicted octanol–water partition coefficient (Wildman–Crippen LogP) is 2.76. The van der Waals surface area contributed by atoms with Crippen molar-refractivity contribution in [3.05, 3.63) is 22.8 Å². The predicted molar refractivity (Wildman–Crippen MR) is 90.1 cm³/mol. The van der Waals surface area contributed by atoms with Crippen molar-refractivity contribution in [1.82, 2.24) is 15.2 Å². The number of nitrogens with zero attached hydrogens (tertiary/aromatic N) is 3. The van der Waals surface area contributed by atoms with Gasteiger partial charge >= 0.3 is 0 Å². The standard InChI is InChI=1S/C16H27ClN4/c1-12(2)18-11-15-14(17)5-6-16(19-15)21-9-7-13(8-10-21)20(3)4/h5-6,12-13,18H,7-11H2,1-4H3. The zero-order chi connectivity index (χ0) is 15.4. The summed E-state index contributed by atoms with van der Waals surface area (Å²) in [6, 6.07) is 5.13. The third-order valence-corrected chi connectivity index (χ3v) is 4.44. The first kappa shape index (κ1) is 16.5. The van der Waals surface area contributed by atoms with Crippen LogP contribution < -0.4 is 10.2 Å². The smallest absolute Gasteiger partial charge is 0.128 e. The van der Waals surface area contributed by atoms with Crippen LogP contribution in [-0.4, -0.2) is 49.2 Å². The lowest BCUT2D eigenvalue weighted by Crippen LogP contribution is -2.42. The third-order valence-electron chi connectivity index (χ3n) is 4.10. The number of pyridine rings is 1. The lowest BCUT2D eigenvalue weighted by atomic mass is 10.0. The maximum atomic E-state index is 6.26. The lowest BCUT2D eigenvalue weighted by molar-refractivity contribution is 0.249. The highest BCUT2D eigenvalue weighted by molar-refractivity contribution is 6.31. The molecule has 4 nitrogen and oxygen atoms in total. The van der Waals surface area contributed by atoms with E-state index in [1.807, 2.05) is 12.1 Å². The van der Waals surface area contributed by atoms with Gasteiger partial charge in [-0.1, -0.05) is 25.4 Å². The van der Waals surface area contributed by atoms with Crippen molar-refractivity contribution in [3.63, 3.8) is 0 Å². The largest absolute Gasteiger partial charge is 0.356 e. The van der Waals surface area contributed by atoms with Crippen LogP contribution in [0.4, 0.5) is 5.82 Å². The summed E-state index contributed by atoms with van der Waals surface area (Å²) in [5.41, 5.74) is 0.942. The quantitative estimate of drug-likeness (QED) is 0.906. The van der Waals surface area contributed by atoms with Gasteiger partial charge in [0.1, 0.15) is 5.82 Å². The van der Waals surface area contributed by atoms with Crippen LogP contribution in [0.25, 0.3) is 0 Å².